The Morgan fingerprint density at radius 1 is 0.520 bits per heavy atom. The average Bonchev–Trinajstić information content (AvgIpc) is 3.29. The molecular formula is C44H102I8O12S7V4. The summed E-state index contributed by atoms with van der Waals surface area (Å²) < 4.78 is 50.4. The van der Waals surface area contributed by atoms with Crippen molar-refractivity contribution in [3.8, 4) is 0 Å². The molecule has 0 aliphatic heterocycles. The van der Waals surface area contributed by atoms with Crippen molar-refractivity contribution in [1.82, 2.24) is 0 Å². The molecule has 31 heteroatoms. The van der Waals surface area contributed by atoms with Crippen molar-refractivity contribution in [2.75, 3.05) is 129 Å². The fraction of sp³-hybridized carbons (Fsp3) is 0.773. The molecule has 0 amide bonds. The molecule has 0 heterocycles. The Labute approximate surface area is 617 Å². The minimum absolute atomic E-state index is 0. The summed E-state index contributed by atoms with van der Waals surface area (Å²) >= 11 is 39.4. The molecule has 0 aromatic heterocycles. The van der Waals surface area contributed by atoms with Crippen LogP contribution in [-0.4, -0.2) is 149 Å². The first-order valence-corrected chi connectivity index (χ1v) is 60.9. The zero-order valence-electron chi connectivity index (χ0n) is 41.7. The molecule has 2 N–H and O–H groups in total. The number of thiol groups is 4. The van der Waals surface area contributed by atoms with Crippen LogP contribution in [0.4, 0.5) is 0 Å². The van der Waals surface area contributed by atoms with E-state index in [2.05, 4.69) is 264 Å². The summed E-state index contributed by atoms with van der Waals surface area (Å²) in [6.45, 7) is 33.6. The standard InChI is InChI=1S/3C7H16O2S2.2C7H12O2.C4H8.CH4O2.4CH4.8HI.H2S.4V/c1-7(11)5-9-6-8-3-2-4-10;1-3-11-6-9-5-8-4-7(2)10;1-2-11-7-9-6-8-4-3-5-10;2*1-3-5-8-7-9-6-4-2;1-3-4-2;2-1-3;;;;;;;;;;;;;;;;;/h7,10-11H,2-6H2,1H3;7,10H,3-6H2,1-2H3;10H,2-7H2,1H3;2*3-4H,1-2,5-7H2;3H,1,4H2,2H3;2-3H,1H2;4*1H4;8*1H;1H2;;;;/q;;;;;;;;;;;;;;;;;;;;;+2;2*+3/p-8. The third-order valence-electron chi connectivity index (χ3n) is 4.42. The van der Waals surface area contributed by atoms with Gasteiger partial charge in [-0.05, 0) is 42.3 Å². The van der Waals surface area contributed by atoms with E-state index >= 15 is 0 Å². The Kier molecular flexibility index (Phi) is 242. The molecule has 0 saturated carbocycles. The molecule has 12 nitrogen and oxygen atoms in total. The van der Waals surface area contributed by atoms with Gasteiger partial charge in [-0.25, -0.2) is 0 Å². The molecule has 2 atom stereocenters. The van der Waals surface area contributed by atoms with E-state index in [1.807, 2.05) is 19.9 Å². The molecule has 468 valence electrons. The molecule has 2 unspecified atom stereocenters. The van der Waals surface area contributed by atoms with Gasteiger partial charge >= 0.3 is 179 Å². The maximum Gasteiger partial charge on any atom is 0 e. The summed E-state index contributed by atoms with van der Waals surface area (Å²) in [6.07, 6.45) is 11.6. The molecule has 0 spiro atoms. The average molecular weight is 2270 g/mol. The summed E-state index contributed by atoms with van der Waals surface area (Å²) in [5.74, 6) is 5.38. The Morgan fingerprint density at radius 2 is 0.733 bits per heavy atom. The van der Waals surface area contributed by atoms with Crippen molar-refractivity contribution in [3.63, 3.8) is 0 Å². The zero-order valence-corrected chi connectivity index (χ0v) is 70.8. The molecule has 0 rings (SSSR count). The van der Waals surface area contributed by atoms with Gasteiger partial charge in [0.2, 0.25) is 0 Å². The van der Waals surface area contributed by atoms with Crippen molar-refractivity contribution in [2.24, 2.45) is 0 Å². The topological polar surface area (TPSA) is 133 Å². The number of hydrogen-bond acceptors (Lipinski definition) is 18. The van der Waals surface area contributed by atoms with Crippen LogP contribution >= 0.6 is 247 Å². The maximum absolute atomic E-state index is 7.12. The third kappa shape index (κ3) is 258. The molecule has 1 radical (unpaired) electrons. The number of aliphatic hydroxyl groups is 2. The summed E-state index contributed by atoms with van der Waals surface area (Å²) in [6, 6.07) is 0. The second-order valence-corrected chi connectivity index (χ2v) is 98.2. The van der Waals surface area contributed by atoms with Crippen LogP contribution in [0.25, 0.3) is 0 Å². The quantitative estimate of drug-likeness (QED) is 0.0118. The number of thioether (sulfide) groups is 2. The van der Waals surface area contributed by atoms with Crippen LogP contribution in [-0.2, 0) is 85.2 Å². The number of rotatable bonds is 35. The van der Waals surface area contributed by atoms with E-state index in [0.717, 1.165) is 67.4 Å². The number of ether oxygens (including phenoxy) is 10. The first-order chi connectivity index (χ1) is 33.0. The van der Waals surface area contributed by atoms with Crippen LogP contribution in [0, 0.1) is 0 Å². The van der Waals surface area contributed by atoms with Crippen LogP contribution in [0.5, 0.6) is 0 Å². The SMILES string of the molecule is C.C.C.C.C=CCC.C=CCOCOCC=C.C=CCOCOCC=C.CC(S)COCOCCCS.CCSCOCOCC(C)S.CCSCOCOCCCS.OCO.S.[I][V]([I])[I].[I][V]([I])[I].[I][V][I].[V]. The maximum atomic E-state index is 7.12. The summed E-state index contributed by atoms with van der Waals surface area (Å²) in [5, 5.41) is 14.8. The minimum Gasteiger partial charge on any atom is 0 e. The molecule has 0 aromatic rings. The monoisotopic (exact) mass is 2270 g/mol. The van der Waals surface area contributed by atoms with Gasteiger partial charge in [-0.1, -0.05) is 94.7 Å². The predicted molar refractivity (Wildman–Crippen MR) is 414 cm³/mol. The van der Waals surface area contributed by atoms with E-state index in [9.17, 15) is 0 Å². The van der Waals surface area contributed by atoms with Gasteiger partial charge in [-0.15, -0.1) is 56.4 Å². The smallest absolute Gasteiger partial charge is 0 e. The Morgan fingerprint density at radius 3 is 0.920 bits per heavy atom. The first-order valence-electron chi connectivity index (χ1n) is 20.2. The fourth-order valence-electron chi connectivity index (χ4n) is 2.06. The molecule has 0 aromatic carbocycles. The first kappa shape index (κ1) is 125. The molecule has 0 saturated heterocycles. The van der Waals surface area contributed by atoms with Crippen LogP contribution in [0.2, 0.25) is 0 Å². The van der Waals surface area contributed by atoms with Gasteiger partial charge in [0, 0.05) is 29.1 Å². The van der Waals surface area contributed by atoms with E-state index < -0.39 is 6.79 Å². The number of halogens is 8. The molecule has 75 heavy (non-hydrogen) atoms. The van der Waals surface area contributed by atoms with E-state index in [-0.39, 0.29) is 82.1 Å². The van der Waals surface area contributed by atoms with Crippen molar-refractivity contribution in [2.45, 2.75) is 94.1 Å². The van der Waals surface area contributed by atoms with Gasteiger partial charge < -0.3 is 57.6 Å². The van der Waals surface area contributed by atoms with E-state index in [1.165, 1.54) is 0 Å². The molecule has 0 aliphatic carbocycles. The van der Waals surface area contributed by atoms with Crippen LogP contribution in [0.15, 0.2) is 63.3 Å². The minimum atomic E-state index is -0.750. The largest absolute Gasteiger partial charge is 0 e. The van der Waals surface area contributed by atoms with Gasteiger partial charge in [-0.2, -0.15) is 64.0 Å². The number of allylic oxidation sites excluding steroid dienone is 1. The van der Waals surface area contributed by atoms with Gasteiger partial charge in [0.25, 0.3) is 0 Å². The summed E-state index contributed by atoms with van der Waals surface area (Å²) in [4.78, 5) is -0.555. The van der Waals surface area contributed by atoms with Gasteiger partial charge in [0.15, 0.2) is 0 Å². The van der Waals surface area contributed by atoms with Crippen molar-refractivity contribution >= 4 is 247 Å². The second kappa shape index (κ2) is 145. The molecular weight excluding hydrogens is 2160 g/mol. The van der Waals surface area contributed by atoms with Crippen LogP contribution in [0.3, 0.4) is 0 Å². The Bertz CT molecular complexity index is 784. The Balaban J connectivity index is -0.0000000377. The number of hydrogen-bond donors (Lipinski definition) is 6. The van der Waals surface area contributed by atoms with Gasteiger partial charge in [0.05, 0.1) is 64.7 Å². The van der Waals surface area contributed by atoms with Crippen LogP contribution in [0.1, 0.15) is 83.6 Å². The van der Waals surface area contributed by atoms with Crippen molar-refractivity contribution in [1.29, 1.82) is 0 Å². The number of aliphatic hydroxyl groups excluding tert-OH is 1. The van der Waals surface area contributed by atoms with E-state index in [1.54, 1.807) is 47.8 Å². The van der Waals surface area contributed by atoms with Gasteiger partial charge in [0.1, 0.15) is 40.8 Å². The predicted octanol–water partition coefficient (Wildman–Crippen LogP) is 18.6. The summed E-state index contributed by atoms with van der Waals surface area (Å²) in [7, 11) is 0.628. The van der Waals surface area contributed by atoms with Gasteiger partial charge in [-0.3, -0.25) is 0 Å². The van der Waals surface area contributed by atoms with Crippen molar-refractivity contribution in [3.05, 3.63) is 63.3 Å². The van der Waals surface area contributed by atoms with E-state index in [4.69, 9.17) is 57.6 Å². The molecule has 0 aliphatic rings. The third-order valence-corrected chi connectivity index (χ3v) is 6.83. The zero-order chi connectivity index (χ0) is 55.3. The normalized spacial score (nSPS) is 9.29. The second-order valence-electron chi connectivity index (χ2n) is 10.6. The summed E-state index contributed by atoms with van der Waals surface area (Å²) in [5.41, 5.74) is 0. The molecule has 0 fully saturated rings. The fourth-order valence-corrected chi connectivity index (χ4v) is 3.24. The molecule has 0 bridgehead atoms. The van der Waals surface area contributed by atoms with Crippen molar-refractivity contribution < 1.29 is 95.4 Å². The Hall–Kier alpha value is 8.85. The van der Waals surface area contributed by atoms with E-state index in [0.29, 0.717) is 83.1 Å². The van der Waals surface area contributed by atoms with Crippen LogP contribution < -0.4 is 0 Å².